The first-order valence-electron chi connectivity index (χ1n) is 6.97. The van der Waals surface area contributed by atoms with Gasteiger partial charge in [-0.05, 0) is 11.1 Å². The van der Waals surface area contributed by atoms with Crippen LogP contribution in [0.4, 0.5) is 13.2 Å². The molecule has 0 fully saturated rings. The van der Waals surface area contributed by atoms with Crippen molar-refractivity contribution < 1.29 is 22.7 Å². The lowest BCUT2D eigenvalue weighted by molar-refractivity contribution is -0.169. The van der Waals surface area contributed by atoms with Crippen LogP contribution in [0.5, 0.6) is 0 Å². The second kappa shape index (κ2) is 7.28. The van der Waals surface area contributed by atoms with Gasteiger partial charge in [0.15, 0.2) is 0 Å². The number of hydrogen-bond donors (Lipinski definition) is 1. The van der Waals surface area contributed by atoms with Gasteiger partial charge in [0.25, 0.3) is 0 Å². The summed E-state index contributed by atoms with van der Waals surface area (Å²) in [5.74, 6) is -2.59. The molecule has 3 nitrogen and oxygen atoms in total. The van der Waals surface area contributed by atoms with E-state index in [1.165, 1.54) is 12.1 Å². The number of rotatable bonds is 5. The predicted octanol–water partition coefficient (Wildman–Crippen LogP) is 3.40. The molecule has 0 spiro atoms. The van der Waals surface area contributed by atoms with Crippen LogP contribution in [-0.2, 0) is 16.1 Å². The van der Waals surface area contributed by atoms with Gasteiger partial charge in [0.05, 0.1) is 0 Å². The number of halogens is 3. The van der Waals surface area contributed by atoms with E-state index in [2.05, 4.69) is 0 Å². The average Bonchev–Trinajstić information content (AvgIpc) is 2.54. The third-order valence-corrected chi connectivity index (χ3v) is 3.37. The van der Waals surface area contributed by atoms with E-state index in [9.17, 15) is 18.0 Å². The molecule has 0 radical (unpaired) electrons. The van der Waals surface area contributed by atoms with E-state index in [0.29, 0.717) is 5.56 Å². The lowest BCUT2D eigenvalue weighted by Gasteiger charge is -2.24. The normalized spacial score (nSPS) is 14.1. The van der Waals surface area contributed by atoms with Crippen LogP contribution in [0.15, 0.2) is 60.7 Å². The summed E-state index contributed by atoms with van der Waals surface area (Å²) >= 11 is 0. The zero-order valence-corrected chi connectivity index (χ0v) is 12.2. The maximum absolute atomic E-state index is 13.0. The Kier molecular flexibility index (Phi) is 5.39. The summed E-state index contributed by atoms with van der Waals surface area (Å²) in [6.07, 6.45) is -4.70. The molecule has 23 heavy (non-hydrogen) atoms. The molecule has 6 heteroatoms. The first-order chi connectivity index (χ1) is 10.9. The van der Waals surface area contributed by atoms with E-state index in [1.54, 1.807) is 48.5 Å². The zero-order chi connectivity index (χ0) is 16.9. The fourth-order valence-corrected chi connectivity index (χ4v) is 2.16. The fraction of sp³-hybridized carbons (Fsp3) is 0.235. The molecule has 0 bridgehead atoms. The molecule has 0 heterocycles. The van der Waals surface area contributed by atoms with E-state index in [0.717, 1.165) is 0 Å². The predicted molar refractivity (Wildman–Crippen MR) is 79.5 cm³/mol. The van der Waals surface area contributed by atoms with Crippen molar-refractivity contribution in [2.45, 2.75) is 24.7 Å². The quantitative estimate of drug-likeness (QED) is 0.858. The van der Waals surface area contributed by atoms with Crippen LogP contribution in [-0.4, -0.2) is 18.2 Å². The molecule has 0 saturated heterocycles. The first kappa shape index (κ1) is 17.0. The van der Waals surface area contributed by atoms with E-state index in [4.69, 9.17) is 10.5 Å². The molecule has 122 valence electrons. The summed E-state index contributed by atoms with van der Waals surface area (Å²) in [7, 11) is 0. The maximum atomic E-state index is 13.0. The van der Waals surface area contributed by atoms with Crippen molar-refractivity contribution in [1.82, 2.24) is 0 Å². The first-order valence-corrected chi connectivity index (χ1v) is 6.97. The molecular formula is C17H16F3NO2. The van der Waals surface area contributed by atoms with E-state index in [1.807, 2.05) is 0 Å². The second-order valence-corrected chi connectivity index (χ2v) is 5.05. The SMILES string of the molecule is N[C@H]([C@H](C(=O)OCc1ccccc1)c1ccccc1)C(F)(F)F. The van der Waals surface area contributed by atoms with Crippen molar-refractivity contribution >= 4 is 5.97 Å². The van der Waals surface area contributed by atoms with E-state index >= 15 is 0 Å². The third kappa shape index (κ3) is 4.56. The Balaban J connectivity index is 2.18. The summed E-state index contributed by atoms with van der Waals surface area (Å²) in [5.41, 5.74) is 6.14. The molecule has 0 saturated carbocycles. The van der Waals surface area contributed by atoms with Gasteiger partial charge in [-0.25, -0.2) is 0 Å². The van der Waals surface area contributed by atoms with Gasteiger partial charge in [-0.15, -0.1) is 0 Å². The molecular weight excluding hydrogens is 307 g/mol. The van der Waals surface area contributed by atoms with Crippen molar-refractivity contribution in [3.63, 3.8) is 0 Å². The summed E-state index contributed by atoms with van der Waals surface area (Å²) in [4.78, 5) is 12.2. The highest BCUT2D eigenvalue weighted by Crippen LogP contribution is 2.31. The Labute approximate surface area is 131 Å². The van der Waals surface area contributed by atoms with Crippen LogP contribution in [0.1, 0.15) is 17.0 Å². The molecule has 0 aliphatic carbocycles. The van der Waals surface area contributed by atoms with Gasteiger partial charge >= 0.3 is 12.1 Å². The third-order valence-electron chi connectivity index (χ3n) is 3.37. The minimum atomic E-state index is -4.70. The maximum Gasteiger partial charge on any atom is 0.404 e. The number of carbonyl (C=O) groups excluding carboxylic acids is 1. The molecule has 0 aliphatic heterocycles. The molecule has 0 unspecified atom stereocenters. The van der Waals surface area contributed by atoms with Crippen molar-refractivity contribution in [2.24, 2.45) is 5.73 Å². The molecule has 0 amide bonds. The molecule has 0 aliphatic rings. The van der Waals surface area contributed by atoms with Crippen LogP contribution in [0, 0.1) is 0 Å². The minimum absolute atomic E-state index is 0.104. The van der Waals surface area contributed by atoms with Crippen molar-refractivity contribution in [1.29, 1.82) is 0 Å². The smallest absolute Gasteiger partial charge is 0.404 e. The van der Waals surface area contributed by atoms with Gasteiger partial charge in [0.2, 0.25) is 0 Å². The Morgan fingerprint density at radius 2 is 1.52 bits per heavy atom. The van der Waals surface area contributed by atoms with Gasteiger partial charge in [-0.3, -0.25) is 4.79 Å². The number of ether oxygens (including phenoxy) is 1. The standard InChI is InChI=1S/C17H16F3NO2/c18-17(19,20)15(21)14(13-9-5-2-6-10-13)16(22)23-11-12-7-3-1-4-8-12/h1-10,14-15H,11,21H2/t14-,15-/m1/s1. The van der Waals surface area contributed by atoms with Crippen LogP contribution < -0.4 is 5.73 Å². The molecule has 0 aromatic heterocycles. The van der Waals surface area contributed by atoms with Crippen molar-refractivity contribution in [3.05, 3.63) is 71.8 Å². The van der Waals surface area contributed by atoms with E-state index < -0.39 is 24.1 Å². The van der Waals surface area contributed by atoms with Gasteiger partial charge in [0, 0.05) is 0 Å². The number of carbonyl (C=O) groups is 1. The summed E-state index contributed by atoms with van der Waals surface area (Å²) in [6.45, 7) is -0.104. The Morgan fingerprint density at radius 3 is 2.04 bits per heavy atom. The number of esters is 1. The number of benzene rings is 2. The number of alkyl halides is 3. The average molecular weight is 323 g/mol. The fourth-order valence-electron chi connectivity index (χ4n) is 2.16. The van der Waals surface area contributed by atoms with Crippen LogP contribution in [0.3, 0.4) is 0 Å². The summed E-state index contributed by atoms with van der Waals surface area (Å²) in [5, 5.41) is 0. The van der Waals surface area contributed by atoms with Crippen LogP contribution in [0.2, 0.25) is 0 Å². The topological polar surface area (TPSA) is 52.3 Å². The Bertz CT molecular complexity index is 629. The molecule has 2 aromatic carbocycles. The van der Waals surface area contributed by atoms with Crippen molar-refractivity contribution in [2.75, 3.05) is 0 Å². The highest BCUT2D eigenvalue weighted by molar-refractivity contribution is 5.79. The highest BCUT2D eigenvalue weighted by Gasteiger charge is 2.46. The molecule has 2 rings (SSSR count). The van der Waals surface area contributed by atoms with Gasteiger partial charge in [0.1, 0.15) is 18.6 Å². The highest BCUT2D eigenvalue weighted by atomic mass is 19.4. The largest absolute Gasteiger partial charge is 0.460 e. The Morgan fingerprint density at radius 1 is 1.00 bits per heavy atom. The van der Waals surface area contributed by atoms with E-state index in [-0.39, 0.29) is 12.2 Å². The van der Waals surface area contributed by atoms with Crippen LogP contribution in [0.25, 0.3) is 0 Å². The van der Waals surface area contributed by atoms with Gasteiger partial charge in [-0.2, -0.15) is 13.2 Å². The summed E-state index contributed by atoms with van der Waals surface area (Å²) in [6, 6.07) is 14.0. The molecule has 2 aromatic rings. The zero-order valence-electron chi connectivity index (χ0n) is 12.2. The molecule has 2 atom stereocenters. The Hall–Kier alpha value is -2.34. The van der Waals surface area contributed by atoms with Crippen LogP contribution >= 0.6 is 0 Å². The monoisotopic (exact) mass is 323 g/mol. The number of nitrogens with two attached hydrogens (primary N) is 1. The van der Waals surface area contributed by atoms with Gasteiger partial charge in [-0.1, -0.05) is 60.7 Å². The number of hydrogen-bond acceptors (Lipinski definition) is 3. The van der Waals surface area contributed by atoms with Gasteiger partial charge < -0.3 is 10.5 Å². The van der Waals surface area contributed by atoms with Crippen molar-refractivity contribution in [3.8, 4) is 0 Å². The summed E-state index contributed by atoms with van der Waals surface area (Å²) < 4.78 is 44.0. The minimum Gasteiger partial charge on any atom is -0.460 e. The molecule has 2 N–H and O–H groups in total. The lowest BCUT2D eigenvalue weighted by Crippen LogP contribution is -2.45. The second-order valence-electron chi connectivity index (χ2n) is 5.05. The lowest BCUT2D eigenvalue weighted by atomic mass is 9.91.